The van der Waals surface area contributed by atoms with Gasteiger partial charge in [-0.15, -0.1) is 11.3 Å². The Morgan fingerprint density at radius 2 is 1.95 bits per heavy atom. The summed E-state index contributed by atoms with van der Waals surface area (Å²) in [6.07, 6.45) is 0. The molecule has 0 fully saturated rings. The van der Waals surface area contributed by atoms with Crippen LogP contribution in [-0.2, 0) is 6.54 Å². The zero-order valence-electron chi connectivity index (χ0n) is 11.1. The molecule has 0 amide bonds. The first-order valence-corrected chi connectivity index (χ1v) is 8.51. The van der Waals surface area contributed by atoms with Crippen molar-refractivity contribution in [2.45, 2.75) is 6.54 Å². The molecule has 0 aliphatic carbocycles. The number of halogens is 1. The Kier molecular flexibility index (Phi) is 4.24. The van der Waals surface area contributed by atoms with Crippen LogP contribution in [0.4, 0.5) is 5.69 Å². The predicted molar refractivity (Wildman–Crippen MR) is 99.2 cm³/mol. The lowest BCUT2D eigenvalue weighted by atomic mass is 10.0. The topological polar surface area (TPSA) is 38.0 Å². The van der Waals surface area contributed by atoms with E-state index in [4.69, 9.17) is 18.0 Å². The minimum absolute atomic E-state index is 0.430. The van der Waals surface area contributed by atoms with Crippen molar-refractivity contribution in [3.63, 3.8) is 0 Å². The lowest BCUT2D eigenvalue weighted by molar-refractivity contribution is 1.20. The maximum Gasteiger partial charge on any atom is 0.104 e. The molecule has 1 aromatic heterocycles. The number of fused-ring (bicyclic) bond motifs is 1. The molecule has 0 unspecified atom stereocenters. The molecule has 0 aliphatic heterocycles. The van der Waals surface area contributed by atoms with Crippen LogP contribution in [0.5, 0.6) is 0 Å². The molecule has 0 bridgehead atoms. The number of nitrogens with one attached hydrogen (secondary N) is 1. The SMILES string of the molecule is NC(=S)c1ccc(NCc2cc(Br)cs2)c2ccccc12. The van der Waals surface area contributed by atoms with E-state index >= 15 is 0 Å². The number of nitrogens with two attached hydrogens (primary N) is 1. The fraction of sp³-hybridized carbons (Fsp3) is 0.0625. The van der Waals surface area contributed by atoms with Gasteiger partial charge in [-0.05, 0) is 39.5 Å². The molecule has 21 heavy (non-hydrogen) atoms. The molecule has 0 spiro atoms. The van der Waals surface area contributed by atoms with Crippen molar-refractivity contribution in [2.24, 2.45) is 5.73 Å². The van der Waals surface area contributed by atoms with Crippen LogP contribution in [0.15, 0.2) is 52.3 Å². The highest BCUT2D eigenvalue weighted by Gasteiger charge is 2.07. The summed E-state index contributed by atoms with van der Waals surface area (Å²) < 4.78 is 1.12. The van der Waals surface area contributed by atoms with Gasteiger partial charge in [-0.25, -0.2) is 0 Å². The van der Waals surface area contributed by atoms with Crippen LogP contribution in [0.3, 0.4) is 0 Å². The molecule has 0 atom stereocenters. The molecular formula is C16H13BrN2S2. The number of thiocarbonyl (C=S) groups is 1. The Hall–Kier alpha value is -1.43. The quantitative estimate of drug-likeness (QED) is 0.635. The fourth-order valence-electron chi connectivity index (χ4n) is 2.30. The number of anilines is 1. The van der Waals surface area contributed by atoms with Gasteiger partial charge in [-0.1, -0.05) is 36.5 Å². The number of benzene rings is 2. The summed E-state index contributed by atoms with van der Waals surface area (Å²) in [4.78, 5) is 1.71. The highest BCUT2D eigenvalue weighted by molar-refractivity contribution is 9.10. The molecule has 5 heteroatoms. The van der Waals surface area contributed by atoms with Gasteiger partial charge in [0.05, 0.1) is 0 Å². The second-order valence-electron chi connectivity index (χ2n) is 4.66. The van der Waals surface area contributed by atoms with Crippen molar-refractivity contribution in [2.75, 3.05) is 5.32 Å². The minimum atomic E-state index is 0.430. The molecule has 0 saturated carbocycles. The first-order valence-electron chi connectivity index (χ1n) is 6.43. The molecule has 3 aromatic rings. The Bertz CT molecular complexity index is 811. The lowest BCUT2D eigenvalue weighted by Gasteiger charge is -2.12. The average Bonchev–Trinajstić information content (AvgIpc) is 2.90. The van der Waals surface area contributed by atoms with Crippen molar-refractivity contribution in [3.8, 4) is 0 Å². The molecular weight excluding hydrogens is 364 g/mol. The van der Waals surface area contributed by atoms with E-state index in [9.17, 15) is 0 Å². The van der Waals surface area contributed by atoms with E-state index in [0.29, 0.717) is 4.99 Å². The third kappa shape index (κ3) is 3.10. The molecule has 2 nitrogen and oxygen atoms in total. The molecule has 106 valence electrons. The van der Waals surface area contributed by atoms with E-state index in [1.165, 1.54) is 4.88 Å². The fourth-order valence-corrected chi connectivity index (χ4v) is 3.87. The van der Waals surface area contributed by atoms with Crippen LogP contribution in [0.25, 0.3) is 10.8 Å². The van der Waals surface area contributed by atoms with Gasteiger partial charge in [0.1, 0.15) is 4.99 Å². The van der Waals surface area contributed by atoms with E-state index in [0.717, 1.165) is 33.0 Å². The Morgan fingerprint density at radius 1 is 1.19 bits per heavy atom. The van der Waals surface area contributed by atoms with Crippen LogP contribution in [-0.4, -0.2) is 4.99 Å². The van der Waals surface area contributed by atoms with Crippen LogP contribution in [0.1, 0.15) is 10.4 Å². The standard InChI is InChI=1S/C16H13BrN2S2/c17-10-7-11(21-9-10)8-19-15-6-5-14(16(18)20)12-3-1-2-4-13(12)15/h1-7,9,19H,8H2,(H2,18,20). The highest BCUT2D eigenvalue weighted by atomic mass is 79.9. The summed E-state index contributed by atoms with van der Waals surface area (Å²) in [6, 6.07) is 14.3. The largest absolute Gasteiger partial charge is 0.389 e. The van der Waals surface area contributed by atoms with Gasteiger partial charge < -0.3 is 11.1 Å². The normalized spacial score (nSPS) is 10.7. The van der Waals surface area contributed by atoms with E-state index in [1.807, 2.05) is 24.3 Å². The Morgan fingerprint density at radius 3 is 2.62 bits per heavy atom. The van der Waals surface area contributed by atoms with Crippen molar-refractivity contribution in [3.05, 3.63) is 62.8 Å². The van der Waals surface area contributed by atoms with E-state index in [1.54, 1.807) is 11.3 Å². The second kappa shape index (κ2) is 6.13. The van der Waals surface area contributed by atoms with E-state index < -0.39 is 0 Å². The van der Waals surface area contributed by atoms with Gasteiger partial charge in [0.2, 0.25) is 0 Å². The van der Waals surface area contributed by atoms with Crippen LogP contribution in [0.2, 0.25) is 0 Å². The monoisotopic (exact) mass is 376 g/mol. The van der Waals surface area contributed by atoms with Gasteiger partial charge in [-0.2, -0.15) is 0 Å². The van der Waals surface area contributed by atoms with Crippen molar-refractivity contribution in [1.29, 1.82) is 0 Å². The third-order valence-corrected chi connectivity index (χ3v) is 5.18. The summed E-state index contributed by atoms with van der Waals surface area (Å²) in [5, 5.41) is 7.80. The summed E-state index contributed by atoms with van der Waals surface area (Å²) in [7, 11) is 0. The van der Waals surface area contributed by atoms with Gasteiger partial charge in [0, 0.05) is 37.9 Å². The summed E-state index contributed by atoms with van der Waals surface area (Å²) in [5.41, 5.74) is 7.82. The van der Waals surface area contributed by atoms with E-state index in [-0.39, 0.29) is 0 Å². The van der Waals surface area contributed by atoms with Crippen LogP contribution >= 0.6 is 39.5 Å². The van der Waals surface area contributed by atoms with Gasteiger partial charge in [0.15, 0.2) is 0 Å². The Balaban J connectivity index is 1.96. The molecule has 3 N–H and O–H groups in total. The maximum absolute atomic E-state index is 5.81. The molecule has 0 aliphatic rings. The number of rotatable bonds is 4. The Labute approximate surface area is 141 Å². The van der Waals surface area contributed by atoms with Gasteiger partial charge in [-0.3, -0.25) is 0 Å². The minimum Gasteiger partial charge on any atom is -0.389 e. The molecule has 1 heterocycles. The first kappa shape index (κ1) is 14.5. The van der Waals surface area contributed by atoms with Crippen molar-refractivity contribution in [1.82, 2.24) is 0 Å². The zero-order chi connectivity index (χ0) is 14.8. The maximum atomic E-state index is 5.81. The number of hydrogen-bond acceptors (Lipinski definition) is 3. The number of thiophene rings is 1. The number of hydrogen-bond donors (Lipinski definition) is 2. The first-order chi connectivity index (χ1) is 10.1. The predicted octanol–water partition coefficient (Wildman–Crippen LogP) is 4.91. The third-order valence-electron chi connectivity index (χ3n) is 3.26. The van der Waals surface area contributed by atoms with Crippen molar-refractivity contribution < 1.29 is 0 Å². The van der Waals surface area contributed by atoms with Gasteiger partial charge >= 0.3 is 0 Å². The summed E-state index contributed by atoms with van der Waals surface area (Å²) in [5.74, 6) is 0. The second-order valence-corrected chi connectivity index (χ2v) is 7.01. The smallest absolute Gasteiger partial charge is 0.104 e. The molecule has 2 aromatic carbocycles. The molecule has 3 rings (SSSR count). The summed E-state index contributed by atoms with van der Waals surface area (Å²) in [6.45, 7) is 0.798. The molecule has 0 saturated heterocycles. The lowest BCUT2D eigenvalue weighted by Crippen LogP contribution is -2.10. The average molecular weight is 377 g/mol. The van der Waals surface area contributed by atoms with E-state index in [2.05, 4.69) is 44.8 Å². The van der Waals surface area contributed by atoms with Crippen LogP contribution < -0.4 is 11.1 Å². The van der Waals surface area contributed by atoms with Crippen molar-refractivity contribution >= 4 is 60.9 Å². The van der Waals surface area contributed by atoms with Crippen LogP contribution in [0, 0.1) is 0 Å². The highest BCUT2D eigenvalue weighted by Crippen LogP contribution is 2.28. The van der Waals surface area contributed by atoms with Gasteiger partial charge in [0.25, 0.3) is 0 Å². The summed E-state index contributed by atoms with van der Waals surface area (Å²) >= 11 is 10.3. The zero-order valence-corrected chi connectivity index (χ0v) is 14.3. The molecule has 0 radical (unpaired) electrons.